The van der Waals surface area contributed by atoms with Crippen molar-refractivity contribution >= 4 is 26.0 Å². The van der Waals surface area contributed by atoms with Gasteiger partial charge in [0.05, 0.1) is 0 Å². The van der Waals surface area contributed by atoms with Crippen molar-refractivity contribution in [3.63, 3.8) is 0 Å². The molecule has 0 spiro atoms. The fourth-order valence-corrected chi connectivity index (χ4v) is 4.82. The molecule has 0 atom stereocenters. The summed E-state index contributed by atoms with van der Waals surface area (Å²) in [4.78, 5) is 2.21. The topological polar surface area (TPSA) is 74.0 Å². The summed E-state index contributed by atoms with van der Waals surface area (Å²) in [6.07, 6.45) is 1.63. The molecule has 0 aromatic carbocycles. The summed E-state index contributed by atoms with van der Waals surface area (Å²) >= 11 is 3.10. The van der Waals surface area contributed by atoms with E-state index < -0.39 is 10.0 Å². The van der Waals surface area contributed by atoms with Gasteiger partial charge in [-0.1, -0.05) is 0 Å². The van der Waals surface area contributed by atoms with Crippen molar-refractivity contribution in [3.8, 4) is 0 Å². The van der Waals surface area contributed by atoms with Gasteiger partial charge in [0, 0.05) is 25.2 Å². The van der Waals surface area contributed by atoms with Crippen LogP contribution in [0.5, 0.6) is 0 Å². The molecule has 1 N–H and O–H groups in total. The Bertz CT molecular complexity index is 562. The molecule has 1 aromatic rings. The Morgan fingerprint density at radius 3 is 2.50 bits per heavy atom. The van der Waals surface area contributed by atoms with Gasteiger partial charge in [0.1, 0.15) is 17.3 Å². The van der Waals surface area contributed by atoms with Crippen molar-refractivity contribution in [1.29, 1.82) is 0 Å². The van der Waals surface area contributed by atoms with Gasteiger partial charge in [-0.25, -0.2) is 8.42 Å². The van der Waals surface area contributed by atoms with Crippen LogP contribution in [0.1, 0.15) is 18.6 Å². The zero-order valence-electron chi connectivity index (χ0n) is 11.5. The Labute approximate surface area is 127 Å². The van der Waals surface area contributed by atoms with Crippen LogP contribution in [0.4, 0.5) is 0 Å². The van der Waals surface area contributed by atoms with Crippen LogP contribution in [0.2, 0.25) is 0 Å². The monoisotopic (exact) mass is 366 g/mol. The van der Waals surface area contributed by atoms with E-state index in [4.69, 9.17) is 9.52 Å². The lowest BCUT2D eigenvalue weighted by Gasteiger charge is -2.34. The molecule has 2 heterocycles. The highest BCUT2D eigenvalue weighted by molar-refractivity contribution is 9.10. The van der Waals surface area contributed by atoms with Gasteiger partial charge < -0.3 is 14.4 Å². The van der Waals surface area contributed by atoms with E-state index in [-0.39, 0.29) is 21.9 Å². The molecule has 1 saturated heterocycles. The number of hydrogen-bond donors (Lipinski definition) is 1. The van der Waals surface area contributed by atoms with Crippen LogP contribution >= 0.6 is 15.9 Å². The molecule has 1 fully saturated rings. The van der Waals surface area contributed by atoms with Gasteiger partial charge >= 0.3 is 0 Å². The number of aliphatic hydroxyl groups excluding tert-OH is 1. The highest BCUT2D eigenvalue weighted by atomic mass is 79.9. The molecule has 6 nitrogen and oxygen atoms in total. The van der Waals surface area contributed by atoms with E-state index in [1.807, 2.05) is 14.1 Å². The first-order chi connectivity index (χ1) is 9.36. The number of aliphatic hydroxyl groups is 1. The Hall–Kier alpha value is -0.410. The summed E-state index contributed by atoms with van der Waals surface area (Å²) < 4.78 is 31.9. The van der Waals surface area contributed by atoms with E-state index in [1.165, 1.54) is 10.4 Å². The average Bonchev–Trinajstić information content (AvgIpc) is 2.81. The third kappa shape index (κ3) is 3.09. The molecule has 0 aliphatic carbocycles. The number of furan rings is 1. The molecule has 1 aliphatic rings. The highest BCUT2D eigenvalue weighted by Gasteiger charge is 2.33. The average molecular weight is 367 g/mol. The van der Waals surface area contributed by atoms with Crippen molar-refractivity contribution in [2.45, 2.75) is 30.4 Å². The van der Waals surface area contributed by atoms with Gasteiger partial charge in [0.25, 0.3) is 0 Å². The van der Waals surface area contributed by atoms with Crippen molar-refractivity contribution in [2.24, 2.45) is 0 Å². The van der Waals surface area contributed by atoms with Crippen molar-refractivity contribution in [2.75, 3.05) is 27.2 Å². The van der Waals surface area contributed by atoms with Crippen molar-refractivity contribution in [3.05, 3.63) is 16.5 Å². The predicted octanol–water partition coefficient (Wildman–Crippen LogP) is 1.25. The first-order valence-electron chi connectivity index (χ1n) is 6.42. The number of piperidine rings is 1. The van der Waals surface area contributed by atoms with E-state index in [1.54, 1.807) is 0 Å². The molecule has 0 radical (unpaired) electrons. The maximum Gasteiger partial charge on any atom is 0.247 e. The molecule has 0 unspecified atom stereocenters. The Morgan fingerprint density at radius 2 is 2.05 bits per heavy atom. The predicted molar refractivity (Wildman–Crippen MR) is 77.8 cm³/mol. The Kier molecular flexibility index (Phi) is 4.91. The summed E-state index contributed by atoms with van der Waals surface area (Å²) in [7, 11) is 0.450. The third-order valence-corrected chi connectivity index (χ3v) is 6.39. The number of rotatable bonds is 4. The number of sulfonamides is 1. The van der Waals surface area contributed by atoms with Crippen molar-refractivity contribution < 1.29 is 17.9 Å². The second-order valence-corrected chi connectivity index (χ2v) is 7.73. The molecule has 1 aromatic heterocycles. The van der Waals surface area contributed by atoms with Crippen LogP contribution < -0.4 is 0 Å². The number of halogens is 1. The molecule has 0 bridgehead atoms. The van der Waals surface area contributed by atoms with Gasteiger partial charge in [-0.2, -0.15) is 4.31 Å². The minimum atomic E-state index is -3.57. The molecule has 8 heteroatoms. The normalized spacial score (nSPS) is 18.9. The van der Waals surface area contributed by atoms with Gasteiger partial charge in [-0.15, -0.1) is 0 Å². The van der Waals surface area contributed by atoms with Gasteiger partial charge in [0.2, 0.25) is 10.0 Å². The molecular weight excluding hydrogens is 348 g/mol. The molecule has 1 aliphatic heterocycles. The molecular formula is C12H19BrN2O4S. The van der Waals surface area contributed by atoms with Crippen LogP contribution in [0.15, 0.2) is 20.0 Å². The molecule has 20 heavy (non-hydrogen) atoms. The van der Waals surface area contributed by atoms with E-state index in [0.717, 1.165) is 12.8 Å². The summed E-state index contributed by atoms with van der Waals surface area (Å²) in [5.74, 6) is 0.235. The second kappa shape index (κ2) is 6.15. The molecule has 114 valence electrons. The Balaban J connectivity index is 2.17. The van der Waals surface area contributed by atoms with Gasteiger partial charge in [0.15, 0.2) is 4.67 Å². The maximum absolute atomic E-state index is 12.6. The SMILES string of the molecule is CN(C)C1CCN(S(=O)(=O)c2cc(CO)oc2Br)CC1. The van der Waals surface area contributed by atoms with Crippen LogP contribution in [-0.2, 0) is 16.6 Å². The minimum absolute atomic E-state index is 0.0878. The lowest BCUT2D eigenvalue weighted by Crippen LogP contribution is -2.44. The number of nitrogens with zero attached hydrogens (tertiary/aromatic N) is 2. The third-order valence-electron chi connectivity index (χ3n) is 3.63. The van der Waals surface area contributed by atoms with E-state index in [9.17, 15) is 8.42 Å². The highest BCUT2D eigenvalue weighted by Crippen LogP contribution is 2.30. The zero-order valence-corrected chi connectivity index (χ0v) is 13.9. The lowest BCUT2D eigenvalue weighted by molar-refractivity contribution is 0.196. The number of hydrogen-bond acceptors (Lipinski definition) is 5. The summed E-state index contributed by atoms with van der Waals surface area (Å²) in [6.45, 7) is 0.672. The van der Waals surface area contributed by atoms with E-state index in [2.05, 4.69) is 20.8 Å². The minimum Gasteiger partial charge on any atom is -0.450 e. The smallest absolute Gasteiger partial charge is 0.247 e. The fraction of sp³-hybridized carbons (Fsp3) is 0.667. The van der Waals surface area contributed by atoms with Crippen LogP contribution in [0, 0.1) is 0 Å². The molecule has 2 rings (SSSR count). The van der Waals surface area contributed by atoms with Crippen molar-refractivity contribution in [1.82, 2.24) is 9.21 Å². The van der Waals surface area contributed by atoms with Gasteiger partial charge in [-0.05, 0) is 42.9 Å². The van der Waals surface area contributed by atoms with E-state index >= 15 is 0 Å². The fourth-order valence-electron chi connectivity index (χ4n) is 2.39. The first-order valence-corrected chi connectivity index (χ1v) is 8.65. The summed E-state index contributed by atoms with van der Waals surface area (Å²) in [5.41, 5.74) is 0. The van der Waals surface area contributed by atoms with E-state index in [0.29, 0.717) is 19.1 Å². The summed E-state index contributed by atoms with van der Waals surface area (Å²) in [5, 5.41) is 9.02. The Morgan fingerprint density at radius 1 is 1.45 bits per heavy atom. The largest absolute Gasteiger partial charge is 0.450 e. The molecule has 0 saturated carbocycles. The van der Waals surface area contributed by atoms with Crippen LogP contribution in [-0.4, -0.2) is 56.0 Å². The lowest BCUT2D eigenvalue weighted by atomic mass is 10.1. The van der Waals surface area contributed by atoms with Gasteiger partial charge in [-0.3, -0.25) is 0 Å². The standard InChI is InChI=1S/C12H19BrN2O4S/c1-14(2)9-3-5-15(6-4-9)20(17,18)11-7-10(8-16)19-12(11)13/h7,9,16H,3-6,8H2,1-2H3. The first kappa shape index (κ1) is 16.0. The molecule has 0 amide bonds. The van der Waals surface area contributed by atoms with Crippen LogP contribution in [0.25, 0.3) is 0 Å². The maximum atomic E-state index is 12.6. The second-order valence-electron chi connectivity index (χ2n) is 5.11. The summed E-state index contributed by atoms with van der Waals surface area (Å²) in [6, 6.07) is 1.79. The zero-order chi connectivity index (χ0) is 14.9. The van der Waals surface area contributed by atoms with Crippen LogP contribution in [0.3, 0.4) is 0 Å². The quantitative estimate of drug-likeness (QED) is 0.867.